The molecule has 1 radical (unpaired) electrons. The van der Waals surface area contributed by atoms with Crippen LogP contribution in [0.2, 0.25) is 0 Å². The van der Waals surface area contributed by atoms with Crippen molar-refractivity contribution in [2.75, 3.05) is 0 Å². The molecule has 25 valence electrons. The molecule has 0 fully saturated rings. The minimum Gasteiger partial charge on any atom is -0.115 e. The summed E-state index contributed by atoms with van der Waals surface area (Å²) in [6.07, 6.45) is 4.76. The molecular weight excluding hydrogens is 60.1 g/mol. The fourth-order valence-electron chi connectivity index (χ4n) is 0. The molecule has 0 aromatic carbocycles. The monoisotopic (exact) mass is 65.0 g/mol. The fourth-order valence-corrected chi connectivity index (χ4v) is 0. The van der Waals surface area contributed by atoms with E-state index in [4.69, 9.17) is 6.42 Å². The molecule has 0 nitrogen and oxygen atoms in total. The van der Waals surface area contributed by atoms with Gasteiger partial charge in [0.05, 0.1) is 0 Å². The third kappa shape index (κ3) is 3.30. The minimum absolute atomic E-state index is 0.532. The Morgan fingerprint density at radius 3 is 2.00 bits per heavy atom. The Bertz CT molecular complexity index is 72.5. The predicted octanol–water partition coefficient (Wildman–Crippen LogP) is 1.01. The Kier molecular flexibility index (Phi) is 1.38. The summed E-state index contributed by atoms with van der Waals surface area (Å²) < 4.78 is 0. The molecular formula is C5H5. The molecule has 0 rings (SSSR count). The van der Waals surface area contributed by atoms with Crippen LogP contribution in [0.15, 0.2) is 12.2 Å². The largest absolute Gasteiger partial charge is 0.115 e. The van der Waals surface area contributed by atoms with Crippen LogP contribution in [0.1, 0.15) is 0 Å². The van der Waals surface area contributed by atoms with Crippen molar-refractivity contribution in [1.82, 2.24) is 0 Å². The van der Waals surface area contributed by atoms with Crippen LogP contribution >= 0.6 is 0 Å². The Labute approximate surface area is 32.5 Å². The average Bonchev–Trinajstić information content (AvgIpc) is 1.38. The van der Waals surface area contributed by atoms with Crippen molar-refractivity contribution in [2.24, 2.45) is 0 Å². The second kappa shape index (κ2) is 1.60. The molecule has 0 N–H and O–H groups in total. The molecule has 0 aliphatic heterocycles. The molecule has 0 aliphatic rings. The molecule has 5 heavy (non-hydrogen) atoms. The summed E-state index contributed by atoms with van der Waals surface area (Å²) in [5.74, 6) is 2.22. The average molecular weight is 65.1 g/mol. The normalized spacial score (nSPS) is 5.60. The van der Waals surface area contributed by atoms with Crippen molar-refractivity contribution in [1.29, 1.82) is 0 Å². The highest BCUT2D eigenvalue weighted by Gasteiger charge is 1.59. The van der Waals surface area contributed by atoms with Crippen LogP contribution in [0.5, 0.6) is 0 Å². The van der Waals surface area contributed by atoms with Crippen LogP contribution < -0.4 is 0 Å². The van der Waals surface area contributed by atoms with Crippen LogP contribution in [-0.2, 0) is 0 Å². The molecule has 0 bridgehead atoms. The van der Waals surface area contributed by atoms with Crippen molar-refractivity contribution in [3.8, 4) is 12.3 Å². The molecule has 0 aromatic rings. The predicted molar refractivity (Wildman–Crippen MR) is 23.3 cm³/mol. The summed E-state index contributed by atoms with van der Waals surface area (Å²) in [6, 6.07) is 0. The molecule has 0 heteroatoms. The standard InChI is InChI=1S/C5H5/c1-4-5(2)3/h1H,2-3H2. The topological polar surface area (TPSA) is 0 Å². The summed E-state index contributed by atoms with van der Waals surface area (Å²) in [6.45, 7) is 6.65. The molecule has 0 atom stereocenters. The second-order valence-electron chi connectivity index (χ2n) is 0.748. The summed E-state index contributed by atoms with van der Waals surface area (Å²) in [7, 11) is 0. The number of hydrogen-bond acceptors (Lipinski definition) is 0. The SMILES string of the molecule is C#CC([CH2])=C. The highest BCUT2D eigenvalue weighted by Crippen LogP contribution is 1.73. The zero-order valence-corrected chi connectivity index (χ0v) is 2.99. The van der Waals surface area contributed by atoms with Crippen molar-refractivity contribution in [3.63, 3.8) is 0 Å². The van der Waals surface area contributed by atoms with E-state index in [-0.39, 0.29) is 0 Å². The third-order valence-electron chi connectivity index (χ3n) is 0.204. The van der Waals surface area contributed by atoms with Gasteiger partial charge in [-0.2, -0.15) is 0 Å². The fraction of sp³-hybridized carbons (Fsp3) is 0. The van der Waals surface area contributed by atoms with E-state index in [1.54, 1.807) is 0 Å². The Morgan fingerprint density at radius 2 is 2.00 bits per heavy atom. The summed E-state index contributed by atoms with van der Waals surface area (Å²) in [5, 5.41) is 0. The van der Waals surface area contributed by atoms with Crippen molar-refractivity contribution >= 4 is 0 Å². The highest BCUT2D eigenvalue weighted by atomic mass is 13.6. The van der Waals surface area contributed by atoms with Crippen LogP contribution in [0.25, 0.3) is 0 Å². The first-order valence-corrected chi connectivity index (χ1v) is 1.25. The lowest BCUT2D eigenvalue weighted by Crippen LogP contribution is -1.53. The quantitative estimate of drug-likeness (QED) is 0.369. The molecule has 0 amide bonds. The number of rotatable bonds is 0. The van der Waals surface area contributed by atoms with E-state index in [2.05, 4.69) is 19.4 Å². The van der Waals surface area contributed by atoms with Gasteiger partial charge in [-0.1, -0.05) is 12.5 Å². The maximum Gasteiger partial charge on any atom is -0.00507 e. The lowest BCUT2D eigenvalue weighted by Gasteiger charge is -1.66. The first-order valence-electron chi connectivity index (χ1n) is 1.25. The molecule has 0 heterocycles. The van der Waals surface area contributed by atoms with E-state index in [9.17, 15) is 0 Å². The number of allylic oxidation sites excluding steroid dienone is 1. The highest BCUT2D eigenvalue weighted by molar-refractivity contribution is 5.23. The minimum atomic E-state index is 0.532. The van der Waals surface area contributed by atoms with Gasteiger partial charge in [0.1, 0.15) is 0 Å². The Morgan fingerprint density at radius 1 is 1.80 bits per heavy atom. The number of terminal acetylenes is 1. The smallest absolute Gasteiger partial charge is 0.00507 e. The van der Waals surface area contributed by atoms with E-state index in [1.165, 1.54) is 0 Å². The summed E-state index contributed by atoms with van der Waals surface area (Å²) in [4.78, 5) is 0. The molecule has 0 aromatic heterocycles. The zero-order valence-electron chi connectivity index (χ0n) is 2.99. The van der Waals surface area contributed by atoms with Gasteiger partial charge in [0, 0.05) is 0 Å². The van der Waals surface area contributed by atoms with Crippen LogP contribution in [0, 0.1) is 19.3 Å². The third-order valence-corrected chi connectivity index (χ3v) is 0.204. The van der Waals surface area contributed by atoms with Crippen LogP contribution in [0.3, 0.4) is 0 Å². The zero-order chi connectivity index (χ0) is 4.28. The maximum absolute atomic E-state index is 4.76. The van der Waals surface area contributed by atoms with Gasteiger partial charge in [-0.15, -0.1) is 6.42 Å². The van der Waals surface area contributed by atoms with Gasteiger partial charge in [-0.05, 0) is 12.5 Å². The summed E-state index contributed by atoms with van der Waals surface area (Å²) >= 11 is 0. The van der Waals surface area contributed by atoms with Crippen molar-refractivity contribution in [3.05, 3.63) is 19.1 Å². The van der Waals surface area contributed by atoms with E-state index in [0.717, 1.165) is 0 Å². The van der Waals surface area contributed by atoms with Crippen molar-refractivity contribution in [2.45, 2.75) is 0 Å². The van der Waals surface area contributed by atoms with E-state index >= 15 is 0 Å². The molecule has 0 unspecified atom stereocenters. The van der Waals surface area contributed by atoms with Gasteiger partial charge in [-0.25, -0.2) is 0 Å². The maximum atomic E-state index is 4.76. The molecule has 0 spiro atoms. The Hall–Kier alpha value is -0.700. The van der Waals surface area contributed by atoms with Crippen molar-refractivity contribution < 1.29 is 0 Å². The first-order chi connectivity index (χ1) is 2.27. The molecule has 0 aliphatic carbocycles. The Balaban J connectivity index is 3.35. The number of hydrogen-bond donors (Lipinski definition) is 0. The van der Waals surface area contributed by atoms with Gasteiger partial charge < -0.3 is 0 Å². The lowest BCUT2D eigenvalue weighted by atomic mass is 10.4. The second-order valence-corrected chi connectivity index (χ2v) is 0.748. The first kappa shape index (κ1) is 4.30. The van der Waals surface area contributed by atoms with Crippen LogP contribution in [0.4, 0.5) is 0 Å². The van der Waals surface area contributed by atoms with Gasteiger partial charge in [0.15, 0.2) is 0 Å². The van der Waals surface area contributed by atoms with Gasteiger partial charge in [0.25, 0.3) is 0 Å². The van der Waals surface area contributed by atoms with E-state index < -0.39 is 0 Å². The lowest BCUT2D eigenvalue weighted by molar-refractivity contribution is 1.91. The van der Waals surface area contributed by atoms with E-state index in [0.29, 0.717) is 5.57 Å². The van der Waals surface area contributed by atoms with Gasteiger partial charge in [-0.3, -0.25) is 0 Å². The van der Waals surface area contributed by atoms with Gasteiger partial charge in [0.2, 0.25) is 0 Å². The van der Waals surface area contributed by atoms with Crippen LogP contribution in [-0.4, -0.2) is 0 Å². The molecule has 0 saturated heterocycles. The summed E-state index contributed by atoms with van der Waals surface area (Å²) in [5.41, 5.74) is 0.532. The molecule has 0 saturated carbocycles. The van der Waals surface area contributed by atoms with E-state index in [1.807, 2.05) is 0 Å². The van der Waals surface area contributed by atoms with Gasteiger partial charge >= 0.3 is 0 Å².